The Kier molecular flexibility index (Phi) is 3.61. The van der Waals surface area contributed by atoms with Gasteiger partial charge in [-0.15, -0.1) is 10.2 Å². The molecule has 1 amide bonds. The van der Waals surface area contributed by atoms with Crippen molar-refractivity contribution in [2.75, 3.05) is 5.32 Å². The summed E-state index contributed by atoms with van der Waals surface area (Å²) in [7, 11) is 1.84. The first-order valence-corrected chi connectivity index (χ1v) is 7.28. The zero-order chi connectivity index (χ0) is 14.8. The minimum absolute atomic E-state index is 0.137. The largest absolute Gasteiger partial charge is 0.324 e. The lowest BCUT2D eigenvalue weighted by molar-refractivity contribution is -0.115. The number of fused-ring (bicyclic) bond motifs is 1. The van der Waals surface area contributed by atoms with Gasteiger partial charge in [-0.05, 0) is 19.1 Å². The Morgan fingerprint density at radius 3 is 2.95 bits per heavy atom. The van der Waals surface area contributed by atoms with Crippen LogP contribution < -0.4 is 5.32 Å². The van der Waals surface area contributed by atoms with Crippen molar-refractivity contribution in [3.63, 3.8) is 0 Å². The molecule has 3 rings (SSSR count). The van der Waals surface area contributed by atoms with Crippen LogP contribution in [0.15, 0.2) is 35.7 Å². The fraction of sp³-hybridized carbons (Fsp3) is 0.231. The molecule has 1 unspecified atom stereocenters. The van der Waals surface area contributed by atoms with E-state index in [0.717, 1.165) is 11.0 Å². The smallest absolute Gasteiger partial charge is 0.239 e. The van der Waals surface area contributed by atoms with E-state index in [2.05, 4.69) is 25.5 Å². The number of aromatic amines is 1. The quantitative estimate of drug-likeness (QED) is 0.718. The van der Waals surface area contributed by atoms with Crippen molar-refractivity contribution in [3.8, 4) is 0 Å². The summed E-state index contributed by atoms with van der Waals surface area (Å²) in [6.07, 6.45) is 1.60. The van der Waals surface area contributed by atoms with Gasteiger partial charge >= 0.3 is 0 Å². The van der Waals surface area contributed by atoms with Gasteiger partial charge in [0.05, 0.1) is 16.3 Å². The van der Waals surface area contributed by atoms with Crippen LogP contribution >= 0.6 is 11.8 Å². The highest BCUT2D eigenvalue weighted by atomic mass is 32.2. The summed E-state index contributed by atoms with van der Waals surface area (Å²) in [6, 6.07) is 7.62. The number of carbonyl (C=O) groups is 1. The predicted molar refractivity (Wildman–Crippen MR) is 81.0 cm³/mol. The maximum absolute atomic E-state index is 12.2. The number of aryl methyl sites for hydroxylation is 1. The summed E-state index contributed by atoms with van der Waals surface area (Å²) in [5.41, 5.74) is 1.71. The van der Waals surface area contributed by atoms with Gasteiger partial charge in [0.1, 0.15) is 6.33 Å². The standard InChI is InChI=1S/C13H14N6OS/c1-8(21-13-18-14-7-19(13)2)11(20)17-12-15-9-5-3-4-6-10(9)16-12/h3-8H,1-2H3,(H2,15,16,17,20). The van der Waals surface area contributed by atoms with Crippen LogP contribution in [0.3, 0.4) is 0 Å². The number of H-pyrrole nitrogens is 1. The maximum atomic E-state index is 12.2. The lowest BCUT2D eigenvalue weighted by Crippen LogP contribution is -2.23. The van der Waals surface area contributed by atoms with Crippen LogP contribution in [0.5, 0.6) is 0 Å². The number of carbonyl (C=O) groups excluding carboxylic acids is 1. The average molecular weight is 302 g/mol. The molecule has 2 aromatic heterocycles. The van der Waals surface area contributed by atoms with Gasteiger partial charge in [0.15, 0.2) is 5.16 Å². The number of aromatic nitrogens is 5. The number of imidazole rings is 1. The van der Waals surface area contributed by atoms with E-state index in [-0.39, 0.29) is 11.2 Å². The van der Waals surface area contributed by atoms with Crippen LogP contribution in [0.2, 0.25) is 0 Å². The number of thioether (sulfide) groups is 1. The minimum atomic E-state index is -0.305. The number of hydrogen-bond acceptors (Lipinski definition) is 5. The van der Waals surface area contributed by atoms with Crippen LogP contribution in [0.1, 0.15) is 6.92 Å². The first-order valence-electron chi connectivity index (χ1n) is 6.40. The van der Waals surface area contributed by atoms with E-state index in [9.17, 15) is 4.79 Å². The lowest BCUT2D eigenvalue weighted by Gasteiger charge is -2.09. The molecule has 2 N–H and O–H groups in total. The number of rotatable bonds is 4. The van der Waals surface area contributed by atoms with Gasteiger partial charge in [0, 0.05) is 7.05 Å². The topological polar surface area (TPSA) is 88.5 Å². The predicted octanol–water partition coefficient (Wildman–Crippen LogP) is 1.81. The molecule has 0 aliphatic rings. The normalized spacial score (nSPS) is 12.5. The number of para-hydroxylation sites is 2. The summed E-state index contributed by atoms with van der Waals surface area (Å²) in [4.78, 5) is 19.6. The number of amides is 1. The maximum Gasteiger partial charge on any atom is 0.239 e. The van der Waals surface area contributed by atoms with E-state index in [4.69, 9.17) is 0 Å². The van der Waals surface area contributed by atoms with E-state index in [1.54, 1.807) is 10.9 Å². The molecule has 0 bridgehead atoms. The molecule has 1 atom stereocenters. The molecule has 3 aromatic rings. The Balaban J connectivity index is 1.69. The van der Waals surface area contributed by atoms with Gasteiger partial charge in [0.2, 0.25) is 11.9 Å². The Bertz CT molecular complexity index is 747. The lowest BCUT2D eigenvalue weighted by atomic mass is 10.3. The molecular formula is C13H14N6OS. The van der Waals surface area contributed by atoms with Gasteiger partial charge in [-0.25, -0.2) is 4.98 Å². The second kappa shape index (κ2) is 5.57. The van der Waals surface area contributed by atoms with Crippen LogP contribution in [-0.4, -0.2) is 35.9 Å². The summed E-state index contributed by atoms with van der Waals surface area (Å²) >= 11 is 1.35. The van der Waals surface area contributed by atoms with Crippen molar-refractivity contribution in [2.24, 2.45) is 7.05 Å². The first kappa shape index (κ1) is 13.6. The SMILES string of the molecule is CC(Sc1nncn1C)C(=O)Nc1nc2ccccc2[nH]1. The molecular weight excluding hydrogens is 288 g/mol. The first-order chi connectivity index (χ1) is 10.1. The third-order valence-electron chi connectivity index (χ3n) is 2.95. The highest BCUT2D eigenvalue weighted by Crippen LogP contribution is 2.21. The van der Waals surface area contributed by atoms with E-state index < -0.39 is 0 Å². The zero-order valence-corrected chi connectivity index (χ0v) is 12.4. The van der Waals surface area contributed by atoms with Crippen LogP contribution in [0.4, 0.5) is 5.95 Å². The molecule has 0 radical (unpaired) electrons. The van der Waals surface area contributed by atoms with Crippen molar-refractivity contribution in [1.29, 1.82) is 0 Å². The van der Waals surface area contributed by atoms with Gasteiger partial charge < -0.3 is 9.55 Å². The van der Waals surface area contributed by atoms with E-state index in [0.29, 0.717) is 11.1 Å². The number of nitrogens with zero attached hydrogens (tertiary/aromatic N) is 4. The molecule has 0 saturated carbocycles. The molecule has 0 aliphatic carbocycles. The van der Waals surface area contributed by atoms with Crippen LogP contribution in [0, 0.1) is 0 Å². The van der Waals surface area contributed by atoms with E-state index in [1.165, 1.54) is 11.8 Å². The van der Waals surface area contributed by atoms with Gasteiger partial charge in [-0.1, -0.05) is 23.9 Å². The molecule has 21 heavy (non-hydrogen) atoms. The van der Waals surface area contributed by atoms with Gasteiger partial charge in [0.25, 0.3) is 0 Å². The second-order valence-corrected chi connectivity index (χ2v) is 5.88. The van der Waals surface area contributed by atoms with Gasteiger partial charge in [-0.3, -0.25) is 10.1 Å². The van der Waals surface area contributed by atoms with Crippen LogP contribution in [-0.2, 0) is 11.8 Å². The van der Waals surface area contributed by atoms with Gasteiger partial charge in [-0.2, -0.15) is 0 Å². The summed E-state index contributed by atoms with van der Waals surface area (Å²) in [5, 5.41) is 10.9. The number of anilines is 1. The molecule has 1 aromatic carbocycles. The average Bonchev–Trinajstić information content (AvgIpc) is 3.04. The molecule has 2 heterocycles. The van der Waals surface area contributed by atoms with Crippen molar-refractivity contribution >= 4 is 34.7 Å². The minimum Gasteiger partial charge on any atom is -0.324 e. The molecule has 108 valence electrons. The molecule has 0 aliphatic heterocycles. The number of hydrogen-bond donors (Lipinski definition) is 2. The Morgan fingerprint density at radius 2 is 2.24 bits per heavy atom. The Hall–Kier alpha value is -2.35. The van der Waals surface area contributed by atoms with Crippen molar-refractivity contribution < 1.29 is 4.79 Å². The molecule has 7 nitrogen and oxygen atoms in total. The van der Waals surface area contributed by atoms with E-state index >= 15 is 0 Å². The zero-order valence-electron chi connectivity index (χ0n) is 11.6. The van der Waals surface area contributed by atoms with Crippen molar-refractivity contribution in [3.05, 3.63) is 30.6 Å². The molecule has 8 heteroatoms. The Morgan fingerprint density at radius 1 is 1.43 bits per heavy atom. The highest BCUT2D eigenvalue weighted by Gasteiger charge is 2.18. The fourth-order valence-corrected chi connectivity index (χ4v) is 2.61. The number of benzene rings is 1. The highest BCUT2D eigenvalue weighted by molar-refractivity contribution is 8.00. The third kappa shape index (κ3) is 2.89. The number of nitrogens with one attached hydrogen (secondary N) is 2. The monoisotopic (exact) mass is 302 g/mol. The fourth-order valence-electron chi connectivity index (χ4n) is 1.82. The van der Waals surface area contributed by atoms with Crippen molar-refractivity contribution in [1.82, 2.24) is 24.7 Å². The Labute approximate surface area is 125 Å². The molecule has 0 spiro atoms. The van der Waals surface area contributed by atoms with E-state index in [1.807, 2.05) is 38.2 Å². The van der Waals surface area contributed by atoms with Crippen LogP contribution in [0.25, 0.3) is 11.0 Å². The summed E-state index contributed by atoms with van der Waals surface area (Å²) < 4.78 is 1.77. The summed E-state index contributed by atoms with van der Waals surface area (Å²) in [6.45, 7) is 1.82. The molecule has 0 fully saturated rings. The summed E-state index contributed by atoms with van der Waals surface area (Å²) in [5.74, 6) is 0.314. The molecule has 0 saturated heterocycles. The second-order valence-electron chi connectivity index (χ2n) is 4.58. The van der Waals surface area contributed by atoms with Crippen molar-refractivity contribution in [2.45, 2.75) is 17.3 Å². The third-order valence-corrected chi connectivity index (χ3v) is 4.10.